The molecule has 1 heterocycles. The maximum atomic E-state index is 5.83. The monoisotopic (exact) mass is 287 g/mol. The number of fused-ring (bicyclic) bond motifs is 1. The van der Waals surface area contributed by atoms with Crippen LogP contribution in [0.25, 0.3) is 0 Å². The number of hydrogen-bond donors (Lipinski definition) is 1. The van der Waals surface area contributed by atoms with E-state index in [1.807, 2.05) is 13.0 Å². The van der Waals surface area contributed by atoms with Gasteiger partial charge in [-0.15, -0.1) is 0 Å². The Morgan fingerprint density at radius 3 is 3.05 bits per heavy atom. The summed E-state index contributed by atoms with van der Waals surface area (Å²) in [4.78, 5) is 0. The molecular weight excluding hydrogens is 266 g/mol. The van der Waals surface area contributed by atoms with Crippen LogP contribution >= 0.6 is 0 Å². The second-order valence-electron chi connectivity index (χ2n) is 5.45. The topological polar surface area (TPSA) is 60.2 Å². The number of aromatic nitrogens is 2. The van der Waals surface area contributed by atoms with Crippen LogP contribution in [0, 0.1) is 6.92 Å². The minimum atomic E-state index is 0.389. The Bertz CT molecular complexity index is 609. The first kappa shape index (κ1) is 14.1. The Kier molecular flexibility index (Phi) is 4.20. The lowest BCUT2D eigenvalue weighted by Crippen LogP contribution is -2.24. The second kappa shape index (κ2) is 6.26. The zero-order valence-corrected chi connectivity index (χ0v) is 12.6. The first-order chi connectivity index (χ1) is 10.3. The molecular formula is C16H21N3O2. The van der Waals surface area contributed by atoms with E-state index in [-0.39, 0.29) is 0 Å². The maximum absolute atomic E-state index is 5.83. The lowest BCUT2D eigenvalue weighted by Gasteiger charge is -2.26. The third-order valence-electron chi connectivity index (χ3n) is 4.00. The van der Waals surface area contributed by atoms with E-state index in [2.05, 4.69) is 39.3 Å². The first-order valence-electron chi connectivity index (χ1n) is 7.55. The van der Waals surface area contributed by atoms with Crippen molar-refractivity contribution in [3.8, 4) is 5.75 Å². The fourth-order valence-corrected chi connectivity index (χ4v) is 2.86. The summed E-state index contributed by atoms with van der Waals surface area (Å²) in [5, 5.41) is 11.2. The first-order valence-corrected chi connectivity index (χ1v) is 7.55. The van der Waals surface area contributed by atoms with Gasteiger partial charge in [0.05, 0.1) is 0 Å². The minimum Gasteiger partial charge on any atom is -0.487 e. The van der Waals surface area contributed by atoms with Gasteiger partial charge in [-0.1, -0.05) is 23.3 Å². The highest BCUT2D eigenvalue weighted by Crippen LogP contribution is 2.32. The lowest BCUT2D eigenvalue weighted by molar-refractivity contribution is 0.269. The molecule has 2 aromatic rings. The summed E-state index contributed by atoms with van der Waals surface area (Å²) in [5.41, 5.74) is 4.32. The Labute approximate surface area is 124 Å². The second-order valence-corrected chi connectivity index (χ2v) is 5.45. The maximum Gasteiger partial charge on any atom is 0.145 e. The zero-order chi connectivity index (χ0) is 14.7. The van der Waals surface area contributed by atoms with Gasteiger partial charge in [-0.3, -0.25) is 0 Å². The van der Waals surface area contributed by atoms with Crippen LogP contribution in [0.3, 0.4) is 0 Å². The van der Waals surface area contributed by atoms with Crippen LogP contribution in [0.2, 0.25) is 0 Å². The number of benzene rings is 1. The summed E-state index contributed by atoms with van der Waals surface area (Å²) < 4.78 is 10.5. The number of ether oxygens (including phenoxy) is 1. The van der Waals surface area contributed by atoms with E-state index < -0.39 is 0 Å². The number of aryl methyl sites for hydroxylation is 2. The summed E-state index contributed by atoms with van der Waals surface area (Å²) >= 11 is 0. The van der Waals surface area contributed by atoms with E-state index >= 15 is 0 Å². The van der Waals surface area contributed by atoms with Gasteiger partial charge in [0, 0.05) is 6.04 Å². The molecule has 0 amide bonds. The van der Waals surface area contributed by atoms with Crippen LogP contribution in [0.1, 0.15) is 48.3 Å². The molecule has 112 valence electrons. The predicted molar refractivity (Wildman–Crippen MR) is 79.2 cm³/mol. The van der Waals surface area contributed by atoms with Gasteiger partial charge >= 0.3 is 0 Å². The minimum absolute atomic E-state index is 0.389. The fourth-order valence-electron chi connectivity index (χ4n) is 2.86. The standard InChI is InChI=1S/C16H21N3O2/c1-3-17-15-6-4-5-12-7-8-13(9-14(12)15)20-10-16-11(2)18-21-19-16/h7-9,15,17H,3-6,10H2,1-2H3. The quantitative estimate of drug-likeness (QED) is 0.916. The van der Waals surface area contributed by atoms with Crippen molar-refractivity contribution in [2.45, 2.75) is 45.8 Å². The fraction of sp³-hybridized carbons (Fsp3) is 0.500. The van der Waals surface area contributed by atoms with Crippen molar-refractivity contribution in [3.05, 3.63) is 40.7 Å². The molecule has 0 bridgehead atoms. The Morgan fingerprint density at radius 2 is 2.29 bits per heavy atom. The Hall–Kier alpha value is -1.88. The molecule has 0 saturated carbocycles. The van der Waals surface area contributed by atoms with E-state index in [0.717, 1.165) is 30.1 Å². The molecule has 1 atom stereocenters. The molecule has 1 aromatic carbocycles. The van der Waals surface area contributed by atoms with Gasteiger partial charge in [-0.2, -0.15) is 0 Å². The molecule has 3 rings (SSSR count). The number of hydrogen-bond acceptors (Lipinski definition) is 5. The summed E-state index contributed by atoms with van der Waals surface area (Å²) in [6.07, 6.45) is 3.59. The molecule has 5 heteroatoms. The summed E-state index contributed by atoms with van der Waals surface area (Å²) in [7, 11) is 0. The Balaban J connectivity index is 1.75. The van der Waals surface area contributed by atoms with E-state index in [0.29, 0.717) is 12.6 Å². The van der Waals surface area contributed by atoms with Crippen molar-refractivity contribution in [2.75, 3.05) is 6.54 Å². The van der Waals surface area contributed by atoms with Gasteiger partial charge in [-0.25, -0.2) is 4.63 Å². The number of nitrogens with zero attached hydrogens (tertiary/aromatic N) is 2. The van der Waals surface area contributed by atoms with Gasteiger partial charge in [0.25, 0.3) is 0 Å². The van der Waals surface area contributed by atoms with Crippen molar-refractivity contribution < 1.29 is 9.37 Å². The third kappa shape index (κ3) is 3.08. The smallest absolute Gasteiger partial charge is 0.145 e. The van der Waals surface area contributed by atoms with Gasteiger partial charge in [-0.05, 0) is 56.0 Å². The molecule has 1 N–H and O–H groups in total. The van der Waals surface area contributed by atoms with Crippen LogP contribution in [0.15, 0.2) is 22.8 Å². The van der Waals surface area contributed by atoms with Crippen molar-refractivity contribution >= 4 is 0 Å². The number of rotatable bonds is 5. The van der Waals surface area contributed by atoms with Crippen LogP contribution < -0.4 is 10.1 Å². The SMILES string of the molecule is CCNC1CCCc2ccc(OCc3nonc3C)cc21. The summed E-state index contributed by atoms with van der Waals surface area (Å²) in [5.74, 6) is 0.876. The van der Waals surface area contributed by atoms with Crippen molar-refractivity contribution in [1.82, 2.24) is 15.6 Å². The summed E-state index contributed by atoms with van der Waals surface area (Å²) in [6.45, 7) is 5.39. The highest BCUT2D eigenvalue weighted by molar-refractivity contribution is 5.39. The molecule has 0 fully saturated rings. The van der Waals surface area contributed by atoms with Crippen molar-refractivity contribution in [1.29, 1.82) is 0 Å². The van der Waals surface area contributed by atoms with E-state index in [1.165, 1.54) is 24.0 Å². The van der Waals surface area contributed by atoms with Crippen molar-refractivity contribution in [2.24, 2.45) is 0 Å². The average molecular weight is 287 g/mol. The Morgan fingerprint density at radius 1 is 1.38 bits per heavy atom. The summed E-state index contributed by atoms with van der Waals surface area (Å²) in [6, 6.07) is 6.82. The van der Waals surface area contributed by atoms with Crippen LogP contribution in [-0.4, -0.2) is 16.9 Å². The molecule has 21 heavy (non-hydrogen) atoms. The molecule has 0 saturated heterocycles. The van der Waals surface area contributed by atoms with Crippen LogP contribution in [0.4, 0.5) is 0 Å². The van der Waals surface area contributed by atoms with Crippen LogP contribution in [-0.2, 0) is 13.0 Å². The van der Waals surface area contributed by atoms with E-state index in [1.54, 1.807) is 0 Å². The molecule has 1 aliphatic carbocycles. The highest BCUT2D eigenvalue weighted by Gasteiger charge is 2.20. The predicted octanol–water partition coefficient (Wildman–Crippen LogP) is 2.94. The molecule has 5 nitrogen and oxygen atoms in total. The molecule has 1 unspecified atom stereocenters. The lowest BCUT2D eigenvalue weighted by atomic mass is 9.87. The van der Waals surface area contributed by atoms with Crippen LogP contribution in [0.5, 0.6) is 5.75 Å². The molecule has 0 radical (unpaired) electrons. The van der Waals surface area contributed by atoms with Crippen molar-refractivity contribution in [3.63, 3.8) is 0 Å². The van der Waals surface area contributed by atoms with Gasteiger partial charge < -0.3 is 10.1 Å². The zero-order valence-electron chi connectivity index (χ0n) is 12.6. The number of nitrogens with one attached hydrogen (secondary N) is 1. The molecule has 1 aromatic heterocycles. The van der Waals surface area contributed by atoms with Gasteiger partial charge in [0.15, 0.2) is 0 Å². The largest absolute Gasteiger partial charge is 0.487 e. The average Bonchev–Trinajstić information content (AvgIpc) is 2.91. The molecule has 0 aliphatic heterocycles. The normalized spacial score (nSPS) is 17.5. The van der Waals surface area contributed by atoms with Gasteiger partial charge in [0.1, 0.15) is 23.7 Å². The molecule has 0 spiro atoms. The van der Waals surface area contributed by atoms with E-state index in [9.17, 15) is 0 Å². The van der Waals surface area contributed by atoms with Gasteiger partial charge in [0.2, 0.25) is 0 Å². The highest BCUT2D eigenvalue weighted by atomic mass is 16.6. The third-order valence-corrected chi connectivity index (χ3v) is 4.00. The van der Waals surface area contributed by atoms with E-state index in [4.69, 9.17) is 4.74 Å². The molecule has 1 aliphatic rings.